The number of carbonyl (C=O) groups excluding carboxylic acids is 2. The second kappa shape index (κ2) is 9.87. The standard InChI is InChI=1S/C29H30F2IN5O2/c30-29(31)10-14-36(15-11-29)22-3-1-2-18-16-21(25(33)38)26(34-24(18)22)35-27(39)20-5-4-19(32)17-23(20)37-12-8-28(6-7-28)9-13-37/h1-5,16-17H,6-15H2,(H2,33,38)(H,34,35,39). The quantitative estimate of drug-likeness (QED) is 0.342. The van der Waals surface area contributed by atoms with E-state index in [1.165, 1.54) is 12.8 Å². The number of nitrogens with two attached hydrogens (primary N) is 1. The molecule has 204 valence electrons. The van der Waals surface area contributed by atoms with Crippen LogP contribution in [0.5, 0.6) is 0 Å². The Morgan fingerprint density at radius 2 is 1.54 bits per heavy atom. The van der Waals surface area contributed by atoms with Gasteiger partial charge >= 0.3 is 0 Å². The molecule has 2 aromatic carbocycles. The number of hydrogen-bond donors (Lipinski definition) is 2. The number of alkyl halides is 2. The third-order valence-electron chi connectivity index (χ3n) is 8.48. The highest BCUT2D eigenvalue weighted by Crippen LogP contribution is 2.54. The van der Waals surface area contributed by atoms with E-state index in [0.717, 1.165) is 35.2 Å². The molecule has 3 aliphatic rings. The fraction of sp³-hybridized carbons (Fsp3) is 0.414. The van der Waals surface area contributed by atoms with Crippen molar-refractivity contribution in [3.8, 4) is 0 Å². The highest BCUT2D eigenvalue weighted by atomic mass is 127. The van der Waals surface area contributed by atoms with Gasteiger partial charge in [0, 0.05) is 48.0 Å². The maximum absolute atomic E-state index is 13.8. The Morgan fingerprint density at radius 1 is 0.872 bits per heavy atom. The molecule has 3 aromatic rings. The van der Waals surface area contributed by atoms with Crippen molar-refractivity contribution < 1.29 is 18.4 Å². The van der Waals surface area contributed by atoms with Crippen molar-refractivity contribution in [2.45, 2.75) is 44.4 Å². The Morgan fingerprint density at radius 3 is 2.21 bits per heavy atom. The topological polar surface area (TPSA) is 91.6 Å². The molecule has 6 rings (SSSR count). The molecule has 7 nitrogen and oxygen atoms in total. The van der Waals surface area contributed by atoms with Gasteiger partial charge in [0.2, 0.25) is 0 Å². The minimum Gasteiger partial charge on any atom is -0.371 e. The van der Waals surface area contributed by atoms with Crippen LogP contribution in [0, 0.1) is 8.99 Å². The van der Waals surface area contributed by atoms with E-state index in [4.69, 9.17) is 5.73 Å². The first kappa shape index (κ1) is 26.2. The molecule has 0 atom stereocenters. The molecule has 3 fully saturated rings. The summed E-state index contributed by atoms with van der Waals surface area (Å²) < 4.78 is 28.6. The number of piperidine rings is 2. The normalized spacial score (nSPS) is 19.8. The molecule has 3 N–H and O–H groups in total. The van der Waals surface area contributed by atoms with Gasteiger partial charge in [-0.15, -0.1) is 0 Å². The molecule has 39 heavy (non-hydrogen) atoms. The molecule has 1 aromatic heterocycles. The Labute approximate surface area is 239 Å². The molecule has 1 saturated carbocycles. The summed E-state index contributed by atoms with van der Waals surface area (Å²) in [5, 5.41) is 3.50. The summed E-state index contributed by atoms with van der Waals surface area (Å²) in [5.74, 6) is -3.70. The predicted molar refractivity (Wildman–Crippen MR) is 157 cm³/mol. The second-order valence-corrected chi connectivity index (χ2v) is 12.3. The second-order valence-electron chi connectivity index (χ2n) is 11.0. The molecule has 2 saturated heterocycles. The molecule has 2 aliphatic heterocycles. The lowest BCUT2D eigenvalue weighted by atomic mass is 9.93. The van der Waals surface area contributed by atoms with Gasteiger partial charge in [0.1, 0.15) is 5.82 Å². The first-order valence-electron chi connectivity index (χ1n) is 13.4. The number of hydrogen-bond acceptors (Lipinski definition) is 5. The number of halogens is 3. The Bertz CT molecular complexity index is 1460. The van der Waals surface area contributed by atoms with Gasteiger partial charge in [0.05, 0.1) is 28.0 Å². The molecule has 2 amide bonds. The third-order valence-corrected chi connectivity index (χ3v) is 9.15. The highest BCUT2D eigenvalue weighted by Gasteiger charge is 2.44. The van der Waals surface area contributed by atoms with Crippen LogP contribution in [0.25, 0.3) is 10.9 Å². The van der Waals surface area contributed by atoms with Crippen LogP contribution in [0.4, 0.5) is 26.0 Å². The predicted octanol–water partition coefficient (Wildman–Crippen LogP) is 5.81. The zero-order valence-electron chi connectivity index (χ0n) is 21.5. The van der Waals surface area contributed by atoms with Gasteiger partial charge < -0.3 is 20.9 Å². The number of benzene rings is 2. The van der Waals surface area contributed by atoms with E-state index >= 15 is 0 Å². The number of anilines is 3. The largest absolute Gasteiger partial charge is 0.371 e. The molecule has 1 aliphatic carbocycles. The third kappa shape index (κ3) is 5.27. The van der Waals surface area contributed by atoms with Crippen molar-refractivity contribution in [1.82, 2.24) is 4.98 Å². The zero-order chi connectivity index (χ0) is 27.4. The van der Waals surface area contributed by atoms with Crippen LogP contribution in [-0.4, -0.2) is 48.9 Å². The van der Waals surface area contributed by atoms with Crippen LogP contribution in [0.2, 0.25) is 0 Å². The van der Waals surface area contributed by atoms with Crippen molar-refractivity contribution in [3.05, 3.63) is 57.2 Å². The maximum Gasteiger partial charge on any atom is 0.258 e. The number of para-hydroxylation sites is 1. The summed E-state index contributed by atoms with van der Waals surface area (Å²) in [7, 11) is 0. The summed E-state index contributed by atoms with van der Waals surface area (Å²) >= 11 is 2.25. The van der Waals surface area contributed by atoms with Gasteiger partial charge in [-0.2, -0.15) is 0 Å². The lowest BCUT2D eigenvalue weighted by Crippen LogP contribution is -2.39. The van der Waals surface area contributed by atoms with E-state index in [-0.39, 0.29) is 43.2 Å². The van der Waals surface area contributed by atoms with Gasteiger partial charge in [-0.3, -0.25) is 9.59 Å². The van der Waals surface area contributed by atoms with Crippen molar-refractivity contribution in [2.75, 3.05) is 41.3 Å². The van der Waals surface area contributed by atoms with Gasteiger partial charge in [-0.25, -0.2) is 13.8 Å². The fourth-order valence-electron chi connectivity index (χ4n) is 5.83. The van der Waals surface area contributed by atoms with E-state index in [1.54, 1.807) is 24.3 Å². The van der Waals surface area contributed by atoms with Gasteiger partial charge in [0.25, 0.3) is 17.7 Å². The molecule has 0 unspecified atom stereocenters. The average molecular weight is 645 g/mol. The summed E-state index contributed by atoms with van der Waals surface area (Å²) in [6, 6.07) is 12.7. The van der Waals surface area contributed by atoms with Crippen LogP contribution in [0.1, 0.15) is 59.2 Å². The van der Waals surface area contributed by atoms with E-state index in [9.17, 15) is 18.4 Å². The molecule has 0 radical (unpaired) electrons. The minimum atomic E-state index is -2.68. The lowest BCUT2D eigenvalue weighted by molar-refractivity contribution is -0.0220. The Balaban J connectivity index is 1.33. The van der Waals surface area contributed by atoms with E-state index in [1.807, 2.05) is 23.1 Å². The maximum atomic E-state index is 13.8. The zero-order valence-corrected chi connectivity index (χ0v) is 23.6. The van der Waals surface area contributed by atoms with Crippen molar-refractivity contribution in [2.24, 2.45) is 11.1 Å². The summed E-state index contributed by atoms with van der Waals surface area (Å²) in [6.45, 7) is 2.19. The SMILES string of the molecule is NC(=O)c1cc2cccc(N3CCC(F)(F)CC3)c2nc1NC(=O)c1ccc(I)cc1N1CCC2(CC1)CC2. The van der Waals surface area contributed by atoms with E-state index < -0.39 is 11.8 Å². The smallest absolute Gasteiger partial charge is 0.258 e. The van der Waals surface area contributed by atoms with Crippen LogP contribution in [0.3, 0.4) is 0 Å². The summed E-state index contributed by atoms with van der Waals surface area (Å²) in [4.78, 5) is 34.9. The van der Waals surface area contributed by atoms with Gasteiger partial charge in [0.15, 0.2) is 0 Å². The molecular weight excluding hydrogens is 615 g/mol. The van der Waals surface area contributed by atoms with Crippen molar-refractivity contribution >= 4 is 62.5 Å². The van der Waals surface area contributed by atoms with E-state index in [2.05, 4.69) is 37.8 Å². The minimum absolute atomic E-state index is 0.0647. The average Bonchev–Trinajstić information content (AvgIpc) is 3.67. The number of aromatic nitrogens is 1. The summed E-state index contributed by atoms with van der Waals surface area (Å²) in [6.07, 6.45) is 4.38. The van der Waals surface area contributed by atoms with Gasteiger partial charge in [-0.05, 0) is 84.0 Å². The van der Waals surface area contributed by atoms with Crippen LogP contribution >= 0.6 is 22.6 Å². The lowest BCUT2D eigenvalue weighted by Gasteiger charge is -2.35. The molecule has 10 heteroatoms. The molecular formula is C29H30F2IN5O2. The number of rotatable bonds is 5. The monoisotopic (exact) mass is 645 g/mol. The Hall–Kier alpha value is -3.02. The van der Waals surface area contributed by atoms with Crippen LogP contribution < -0.4 is 20.9 Å². The van der Waals surface area contributed by atoms with Crippen molar-refractivity contribution in [1.29, 1.82) is 0 Å². The van der Waals surface area contributed by atoms with Crippen molar-refractivity contribution in [3.63, 3.8) is 0 Å². The summed E-state index contributed by atoms with van der Waals surface area (Å²) in [5.41, 5.74) is 8.88. The molecule has 1 spiro atoms. The van der Waals surface area contributed by atoms with E-state index in [0.29, 0.717) is 27.6 Å². The first-order chi connectivity index (χ1) is 18.6. The fourth-order valence-corrected chi connectivity index (χ4v) is 6.30. The number of fused-ring (bicyclic) bond motifs is 1. The number of nitrogens with one attached hydrogen (secondary N) is 1. The number of primary amides is 1. The van der Waals surface area contributed by atoms with Crippen LogP contribution in [-0.2, 0) is 0 Å². The van der Waals surface area contributed by atoms with Crippen LogP contribution in [0.15, 0.2) is 42.5 Å². The number of pyridine rings is 1. The number of carbonyl (C=O) groups is 2. The first-order valence-corrected chi connectivity index (χ1v) is 14.4. The Kier molecular flexibility index (Phi) is 6.63. The highest BCUT2D eigenvalue weighted by molar-refractivity contribution is 14.1. The molecule has 0 bridgehead atoms. The number of nitrogens with zero attached hydrogens (tertiary/aromatic N) is 3. The van der Waals surface area contributed by atoms with Gasteiger partial charge in [-0.1, -0.05) is 12.1 Å². The number of amides is 2. The molecule has 3 heterocycles.